The van der Waals surface area contributed by atoms with E-state index in [1.807, 2.05) is 0 Å². The quantitative estimate of drug-likeness (QED) is 0.441. The molecule has 46 valence electrons. The summed E-state index contributed by atoms with van der Waals surface area (Å²) in [6, 6.07) is 0. The van der Waals surface area contributed by atoms with E-state index in [-0.39, 0.29) is 0 Å². The molecule has 2 bridgehead atoms. The lowest BCUT2D eigenvalue weighted by molar-refractivity contribution is 0.0183. The van der Waals surface area contributed by atoms with Crippen molar-refractivity contribution in [3.05, 3.63) is 0 Å². The van der Waals surface area contributed by atoms with E-state index in [2.05, 4.69) is 4.90 Å². The molecule has 0 radical (unpaired) electrons. The molecule has 2 rings (SSSR count). The Kier molecular flexibility index (Phi) is 1.02. The van der Waals surface area contributed by atoms with E-state index in [9.17, 15) is 0 Å². The van der Waals surface area contributed by atoms with Crippen LogP contribution in [0.1, 0.15) is 6.42 Å². The third kappa shape index (κ3) is 0.644. The van der Waals surface area contributed by atoms with Gasteiger partial charge in [0.05, 0.1) is 12.7 Å². The van der Waals surface area contributed by atoms with Gasteiger partial charge in [-0.2, -0.15) is 0 Å². The van der Waals surface area contributed by atoms with Gasteiger partial charge in [0, 0.05) is 19.6 Å². The zero-order valence-electron chi connectivity index (χ0n) is 4.97. The molecule has 0 N–H and O–H groups in total. The van der Waals surface area contributed by atoms with Gasteiger partial charge in [0.1, 0.15) is 0 Å². The molecule has 0 aromatic carbocycles. The Morgan fingerprint density at radius 3 is 3.12 bits per heavy atom. The molecular weight excluding hydrogens is 102 g/mol. The van der Waals surface area contributed by atoms with E-state index >= 15 is 0 Å². The van der Waals surface area contributed by atoms with Crippen molar-refractivity contribution in [1.82, 2.24) is 4.90 Å². The number of rotatable bonds is 0. The Labute approximate surface area is 49.4 Å². The fraction of sp³-hybridized carbons (Fsp3) is 1.00. The summed E-state index contributed by atoms with van der Waals surface area (Å²) in [7, 11) is 0. The molecule has 2 saturated heterocycles. The molecule has 1 unspecified atom stereocenters. The lowest BCUT2D eigenvalue weighted by atomic mass is 10.3. The van der Waals surface area contributed by atoms with E-state index in [0.717, 1.165) is 13.2 Å². The monoisotopic (exact) mass is 113 g/mol. The van der Waals surface area contributed by atoms with Gasteiger partial charge in [0.2, 0.25) is 0 Å². The van der Waals surface area contributed by atoms with Crippen LogP contribution in [-0.2, 0) is 4.74 Å². The topological polar surface area (TPSA) is 12.5 Å². The predicted octanol–water partition coefficient (Wildman–Crippen LogP) is 0.0909. The first-order valence-electron chi connectivity index (χ1n) is 3.29. The highest BCUT2D eigenvalue weighted by molar-refractivity contribution is 4.79. The number of ether oxygens (including phenoxy) is 1. The fourth-order valence-corrected chi connectivity index (χ4v) is 1.48. The van der Waals surface area contributed by atoms with Gasteiger partial charge < -0.3 is 4.74 Å². The van der Waals surface area contributed by atoms with E-state index in [0.29, 0.717) is 6.10 Å². The lowest BCUT2D eigenvalue weighted by Crippen LogP contribution is -2.33. The van der Waals surface area contributed by atoms with Crippen LogP contribution in [-0.4, -0.2) is 37.2 Å². The molecule has 2 heterocycles. The summed E-state index contributed by atoms with van der Waals surface area (Å²) in [6.07, 6.45) is 1.85. The summed E-state index contributed by atoms with van der Waals surface area (Å²) >= 11 is 0. The van der Waals surface area contributed by atoms with Crippen LogP contribution in [0.25, 0.3) is 0 Å². The first kappa shape index (κ1) is 4.77. The molecule has 2 fully saturated rings. The van der Waals surface area contributed by atoms with Gasteiger partial charge >= 0.3 is 0 Å². The standard InChI is InChI=1S/C6H11NO/c1-2-7-3-4-8-6(1)5-7/h6H,1-5H2/t6-/m0/s1. The normalized spacial score (nSPS) is 45.0. The predicted molar refractivity (Wildman–Crippen MR) is 30.8 cm³/mol. The number of hydrogen-bond donors (Lipinski definition) is 0. The molecule has 0 saturated carbocycles. The molecule has 2 aliphatic heterocycles. The second kappa shape index (κ2) is 1.71. The lowest BCUT2D eigenvalue weighted by Gasteiger charge is -2.21. The summed E-state index contributed by atoms with van der Waals surface area (Å²) in [4.78, 5) is 2.47. The minimum absolute atomic E-state index is 0.587. The summed E-state index contributed by atoms with van der Waals surface area (Å²) in [5, 5.41) is 0. The average Bonchev–Trinajstić information content (AvgIpc) is 2.12. The minimum Gasteiger partial charge on any atom is -0.376 e. The van der Waals surface area contributed by atoms with Crippen molar-refractivity contribution in [3.8, 4) is 0 Å². The Balaban J connectivity index is 2.03. The van der Waals surface area contributed by atoms with Gasteiger partial charge in [0.15, 0.2) is 0 Å². The van der Waals surface area contributed by atoms with Crippen molar-refractivity contribution in [2.75, 3.05) is 26.2 Å². The third-order valence-electron chi connectivity index (χ3n) is 1.99. The van der Waals surface area contributed by atoms with Crippen LogP contribution in [0.4, 0.5) is 0 Å². The Morgan fingerprint density at radius 1 is 1.38 bits per heavy atom. The van der Waals surface area contributed by atoms with Crippen LogP contribution < -0.4 is 0 Å². The average molecular weight is 113 g/mol. The largest absolute Gasteiger partial charge is 0.376 e. The highest BCUT2D eigenvalue weighted by Gasteiger charge is 2.26. The van der Waals surface area contributed by atoms with Crippen LogP contribution in [0.3, 0.4) is 0 Å². The van der Waals surface area contributed by atoms with Gasteiger partial charge in [0.25, 0.3) is 0 Å². The van der Waals surface area contributed by atoms with Crippen LogP contribution in [0, 0.1) is 0 Å². The van der Waals surface area contributed by atoms with Crippen LogP contribution >= 0.6 is 0 Å². The van der Waals surface area contributed by atoms with E-state index in [4.69, 9.17) is 4.74 Å². The summed E-state index contributed by atoms with van der Waals surface area (Å²) < 4.78 is 5.43. The fourth-order valence-electron chi connectivity index (χ4n) is 1.48. The zero-order chi connectivity index (χ0) is 5.40. The Morgan fingerprint density at radius 2 is 2.38 bits per heavy atom. The zero-order valence-corrected chi connectivity index (χ0v) is 4.97. The van der Waals surface area contributed by atoms with Gasteiger partial charge in [-0.3, -0.25) is 4.90 Å². The maximum Gasteiger partial charge on any atom is 0.0714 e. The van der Waals surface area contributed by atoms with E-state index in [1.54, 1.807) is 0 Å². The third-order valence-corrected chi connectivity index (χ3v) is 1.99. The highest BCUT2D eigenvalue weighted by Crippen LogP contribution is 2.15. The summed E-state index contributed by atoms with van der Waals surface area (Å²) in [5.74, 6) is 0. The van der Waals surface area contributed by atoms with Gasteiger partial charge in [-0.15, -0.1) is 0 Å². The Bertz CT molecular complexity index is 80.5. The minimum atomic E-state index is 0.587. The van der Waals surface area contributed by atoms with Crippen molar-refractivity contribution >= 4 is 0 Å². The number of hydrogen-bond acceptors (Lipinski definition) is 2. The molecule has 0 spiro atoms. The van der Waals surface area contributed by atoms with Crippen LogP contribution in [0.15, 0.2) is 0 Å². The number of nitrogens with zero attached hydrogens (tertiary/aromatic N) is 1. The van der Waals surface area contributed by atoms with Crippen molar-refractivity contribution in [3.63, 3.8) is 0 Å². The summed E-state index contributed by atoms with van der Waals surface area (Å²) in [5.41, 5.74) is 0. The van der Waals surface area contributed by atoms with Crippen LogP contribution in [0.2, 0.25) is 0 Å². The molecule has 0 aromatic rings. The summed E-state index contributed by atoms with van der Waals surface area (Å²) in [6.45, 7) is 4.59. The second-order valence-corrected chi connectivity index (χ2v) is 2.58. The molecular formula is C6H11NO. The first-order valence-corrected chi connectivity index (χ1v) is 3.29. The van der Waals surface area contributed by atoms with E-state index in [1.165, 1.54) is 19.5 Å². The molecule has 0 amide bonds. The van der Waals surface area contributed by atoms with Crippen LogP contribution in [0.5, 0.6) is 0 Å². The van der Waals surface area contributed by atoms with Gasteiger partial charge in [-0.1, -0.05) is 0 Å². The van der Waals surface area contributed by atoms with Crippen molar-refractivity contribution < 1.29 is 4.74 Å². The number of fused-ring (bicyclic) bond motifs is 2. The molecule has 2 heteroatoms. The smallest absolute Gasteiger partial charge is 0.0714 e. The SMILES string of the molecule is C1CN2CC[C@@H](C2)O1. The second-order valence-electron chi connectivity index (χ2n) is 2.58. The van der Waals surface area contributed by atoms with Crippen molar-refractivity contribution in [2.45, 2.75) is 12.5 Å². The highest BCUT2D eigenvalue weighted by atomic mass is 16.5. The van der Waals surface area contributed by atoms with Gasteiger partial charge in [-0.05, 0) is 6.42 Å². The first-order chi connectivity index (χ1) is 3.95. The van der Waals surface area contributed by atoms with Crippen molar-refractivity contribution in [1.29, 1.82) is 0 Å². The maximum atomic E-state index is 5.43. The molecule has 0 aliphatic carbocycles. The Hall–Kier alpha value is -0.0800. The molecule has 2 atom stereocenters. The molecule has 0 aromatic heterocycles. The molecule has 8 heavy (non-hydrogen) atoms. The number of morpholine rings is 1. The van der Waals surface area contributed by atoms with Crippen molar-refractivity contribution in [2.24, 2.45) is 0 Å². The maximum absolute atomic E-state index is 5.43. The molecule has 2 aliphatic rings. The van der Waals surface area contributed by atoms with E-state index < -0.39 is 0 Å². The van der Waals surface area contributed by atoms with Gasteiger partial charge in [-0.25, -0.2) is 0 Å². The molecule has 2 nitrogen and oxygen atoms in total.